The van der Waals surface area contributed by atoms with Crippen molar-refractivity contribution in [1.29, 1.82) is 0 Å². The summed E-state index contributed by atoms with van der Waals surface area (Å²) in [7, 11) is 0. The summed E-state index contributed by atoms with van der Waals surface area (Å²) in [5.74, 6) is 0.435. The number of nitrogens with one attached hydrogen (secondary N) is 3. The molecule has 0 aromatic carbocycles. The number of amides is 1. The van der Waals surface area contributed by atoms with E-state index in [9.17, 15) is 4.79 Å². The Labute approximate surface area is 133 Å². The first-order valence-electron chi connectivity index (χ1n) is 7.39. The van der Waals surface area contributed by atoms with Crippen LogP contribution in [0.5, 0.6) is 0 Å². The summed E-state index contributed by atoms with van der Waals surface area (Å²) in [5, 5.41) is 15.4. The van der Waals surface area contributed by atoms with E-state index in [0.717, 1.165) is 6.54 Å². The van der Waals surface area contributed by atoms with Gasteiger partial charge in [0.05, 0.1) is 0 Å². The molecule has 1 atom stereocenters. The Bertz CT molecular complexity index is 636. The van der Waals surface area contributed by atoms with Crippen LogP contribution in [0.2, 0.25) is 0 Å². The number of rotatable bonds is 4. The predicted molar refractivity (Wildman–Crippen MR) is 84.6 cm³/mol. The van der Waals surface area contributed by atoms with E-state index in [-0.39, 0.29) is 17.4 Å². The molecular formula is C14H20N6OS. The number of carbonyl (C=O) groups is 1. The minimum Gasteiger partial charge on any atom is -0.349 e. The van der Waals surface area contributed by atoms with Gasteiger partial charge in [-0.15, -0.1) is 11.3 Å². The van der Waals surface area contributed by atoms with E-state index in [2.05, 4.69) is 44.6 Å². The maximum atomic E-state index is 12.2. The molecule has 7 nitrogen and oxygen atoms in total. The zero-order valence-electron chi connectivity index (χ0n) is 12.7. The fraction of sp³-hybridized carbons (Fsp3) is 0.571. The summed E-state index contributed by atoms with van der Waals surface area (Å²) in [4.78, 5) is 20.6. The molecule has 0 bridgehead atoms. The number of aromatic amines is 1. The summed E-state index contributed by atoms with van der Waals surface area (Å²) in [6.45, 7) is 6.10. The number of aromatic nitrogens is 4. The van der Waals surface area contributed by atoms with E-state index in [1.807, 2.05) is 0 Å². The Balaban J connectivity index is 1.60. The zero-order valence-corrected chi connectivity index (χ0v) is 13.5. The molecule has 3 heterocycles. The molecule has 8 heteroatoms. The molecule has 0 spiro atoms. The van der Waals surface area contributed by atoms with E-state index >= 15 is 0 Å². The molecule has 118 valence electrons. The van der Waals surface area contributed by atoms with Crippen molar-refractivity contribution in [2.45, 2.75) is 32.7 Å². The van der Waals surface area contributed by atoms with Crippen LogP contribution >= 0.6 is 11.3 Å². The van der Waals surface area contributed by atoms with Crippen LogP contribution in [0.4, 0.5) is 0 Å². The number of hydrogen-bond acceptors (Lipinski definition) is 6. The van der Waals surface area contributed by atoms with E-state index in [1.54, 1.807) is 5.38 Å². The molecule has 1 unspecified atom stereocenters. The topological polar surface area (TPSA) is 95.6 Å². The molecule has 22 heavy (non-hydrogen) atoms. The number of thiazole rings is 1. The van der Waals surface area contributed by atoms with Gasteiger partial charge in [0, 0.05) is 18.0 Å². The lowest BCUT2D eigenvalue weighted by Gasteiger charge is -2.39. The van der Waals surface area contributed by atoms with Gasteiger partial charge in [0.25, 0.3) is 5.91 Å². The van der Waals surface area contributed by atoms with Crippen LogP contribution in [0.25, 0.3) is 10.8 Å². The highest BCUT2D eigenvalue weighted by molar-refractivity contribution is 7.13. The van der Waals surface area contributed by atoms with Crippen LogP contribution in [0.15, 0.2) is 11.7 Å². The zero-order chi connectivity index (χ0) is 15.6. The first-order valence-corrected chi connectivity index (χ1v) is 8.27. The van der Waals surface area contributed by atoms with Crippen LogP contribution in [0, 0.1) is 5.41 Å². The van der Waals surface area contributed by atoms with Crippen LogP contribution < -0.4 is 10.6 Å². The van der Waals surface area contributed by atoms with Crippen LogP contribution in [-0.2, 0) is 0 Å². The van der Waals surface area contributed by atoms with Crippen LogP contribution in [0.1, 0.15) is 37.2 Å². The molecule has 0 radical (unpaired) electrons. The van der Waals surface area contributed by atoms with Gasteiger partial charge >= 0.3 is 0 Å². The van der Waals surface area contributed by atoms with Gasteiger partial charge in [0.2, 0.25) is 0 Å². The van der Waals surface area contributed by atoms with Crippen molar-refractivity contribution >= 4 is 17.2 Å². The predicted octanol–water partition coefficient (Wildman–Crippen LogP) is 1.44. The summed E-state index contributed by atoms with van der Waals surface area (Å²) in [6, 6.07) is 0.289. The molecule has 2 aromatic rings. The van der Waals surface area contributed by atoms with Gasteiger partial charge in [-0.1, -0.05) is 13.8 Å². The molecule has 0 saturated carbocycles. The molecule has 1 aliphatic heterocycles. The fourth-order valence-corrected chi connectivity index (χ4v) is 3.44. The van der Waals surface area contributed by atoms with Crippen LogP contribution in [-0.4, -0.2) is 45.2 Å². The van der Waals surface area contributed by atoms with Gasteiger partial charge < -0.3 is 10.6 Å². The maximum Gasteiger partial charge on any atom is 0.270 e. The van der Waals surface area contributed by atoms with Crippen molar-refractivity contribution in [3.63, 3.8) is 0 Å². The summed E-state index contributed by atoms with van der Waals surface area (Å²) in [5.41, 5.74) is 0.614. The van der Waals surface area contributed by atoms with Crippen molar-refractivity contribution < 1.29 is 4.79 Å². The highest BCUT2D eigenvalue weighted by atomic mass is 32.1. The van der Waals surface area contributed by atoms with Gasteiger partial charge in [-0.05, 0) is 24.8 Å². The van der Waals surface area contributed by atoms with E-state index in [1.165, 1.54) is 30.5 Å². The number of carbonyl (C=O) groups excluding carboxylic acids is 1. The number of nitrogens with zero attached hydrogens (tertiary/aromatic N) is 3. The highest BCUT2D eigenvalue weighted by Crippen LogP contribution is 2.29. The lowest BCUT2D eigenvalue weighted by molar-refractivity contribution is 0.0924. The third kappa shape index (κ3) is 3.17. The fourth-order valence-electron chi connectivity index (χ4n) is 2.70. The van der Waals surface area contributed by atoms with Gasteiger partial charge in [-0.2, -0.15) is 5.10 Å². The Morgan fingerprint density at radius 3 is 3.14 bits per heavy atom. The average molecular weight is 320 g/mol. The van der Waals surface area contributed by atoms with E-state index in [0.29, 0.717) is 23.1 Å². The Hall–Kier alpha value is -1.80. The number of piperidine rings is 1. The first kappa shape index (κ1) is 15.1. The van der Waals surface area contributed by atoms with Crippen molar-refractivity contribution in [3.8, 4) is 10.8 Å². The van der Waals surface area contributed by atoms with E-state index < -0.39 is 0 Å². The summed E-state index contributed by atoms with van der Waals surface area (Å²) in [6.07, 6.45) is 3.78. The molecule has 1 aliphatic rings. The lowest BCUT2D eigenvalue weighted by Crippen LogP contribution is -2.52. The monoisotopic (exact) mass is 320 g/mol. The minimum atomic E-state index is -0.148. The molecule has 3 N–H and O–H groups in total. The normalized spacial score (nSPS) is 20.7. The Morgan fingerprint density at radius 2 is 2.41 bits per heavy atom. The maximum absolute atomic E-state index is 12.2. The number of H-pyrrole nitrogens is 1. The lowest BCUT2D eigenvalue weighted by atomic mass is 9.77. The summed E-state index contributed by atoms with van der Waals surface area (Å²) >= 11 is 1.38. The molecule has 1 amide bonds. The molecule has 1 fully saturated rings. The number of hydrogen-bond donors (Lipinski definition) is 3. The molecule has 0 aliphatic carbocycles. The second kappa shape index (κ2) is 6.13. The smallest absolute Gasteiger partial charge is 0.270 e. The largest absolute Gasteiger partial charge is 0.349 e. The third-order valence-electron chi connectivity index (χ3n) is 4.15. The first-order chi connectivity index (χ1) is 10.6. The average Bonchev–Trinajstić information content (AvgIpc) is 3.16. The highest BCUT2D eigenvalue weighted by Gasteiger charge is 2.32. The second-order valence-corrected chi connectivity index (χ2v) is 7.04. The van der Waals surface area contributed by atoms with Crippen molar-refractivity contribution in [2.24, 2.45) is 5.41 Å². The second-order valence-electron chi connectivity index (χ2n) is 6.18. The van der Waals surface area contributed by atoms with Gasteiger partial charge in [0.1, 0.15) is 12.0 Å². The Morgan fingerprint density at radius 1 is 1.55 bits per heavy atom. The molecular weight excluding hydrogens is 300 g/mol. The van der Waals surface area contributed by atoms with E-state index in [4.69, 9.17) is 0 Å². The van der Waals surface area contributed by atoms with Crippen LogP contribution in [0.3, 0.4) is 0 Å². The quantitative estimate of drug-likeness (QED) is 0.792. The van der Waals surface area contributed by atoms with Gasteiger partial charge in [0.15, 0.2) is 10.8 Å². The minimum absolute atomic E-state index is 0.148. The standard InChI is InChI=1S/C14H20N6OS/c1-14(2)4-3-5-15-10(14)6-16-12(21)9-7-22-13(19-9)11-17-8-18-20-11/h7-8,10,15H,3-6H2,1-2H3,(H,16,21)(H,17,18,20). The Kier molecular flexibility index (Phi) is 4.21. The summed E-state index contributed by atoms with van der Waals surface area (Å²) < 4.78 is 0. The molecule has 2 aromatic heterocycles. The molecule has 1 saturated heterocycles. The van der Waals surface area contributed by atoms with Crippen molar-refractivity contribution in [1.82, 2.24) is 30.8 Å². The van der Waals surface area contributed by atoms with Gasteiger partial charge in [-0.3, -0.25) is 9.89 Å². The third-order valence-corrected chi connectivity index (χ3v) is 5.00. The molecule has 3 rings (SSSR count). The van der Waals surface area contributed by atoms with Crippen molar-refractivity contribution in [2.75, 3.05) is 13.1 Å². The van der Waals surface area contributed by atoms with Gasteiger partial charge in [-0.25, -0.2) is 9.97 Å². The SMILES string of the molecule is CC1(C)CCCNC1CNC(=O)c1csc(-c2ncn[nH]2)n1. The van der Waals surface area contributed by atoms with Crippen molar-refractivity contribution in [3.05, 3.63) is 17.4 Å².